The van der Waals surface area contributed by atoms with Gasteiger partial charge in [-0.1, -0.05) is 17.7 Å². The summed E-state index contributed by atoms with van der Waals surface area (Å²) < 4.78 is 5.86. The van der Waals surface area contributed by atoms with Crippen LogP contribution in [0.2, 0.25) is 5.02 Å². The standard InChI is InChI=1S/C18H19ClN2O/c1-10-5-13(4)18-15(6-10)20-16(21-18)9-22-14-7-11(2)17(19)12(3)8-14/h5-8H,9H2,1-4H3,(H,20,21). The minimum absolute atomic E-state index is 0.410. The first kappa shape index (κ1) is 14.9. The summed E-state index contributed by atoms with van der Waals surface area (Å²) in [5.74, 6) is 1.64. The van der Waals surface area contributed by atoms with E-state index in [2.05, 4.69) is 35.9 Å². The molecule has 3 aromatic rings. The fourth-order valence-corrected chi connectivity index (χ4v) is 2.84. The van der Waals surface area contributed by atoms with Gasteiger partial charge in [0.25, 0.3) is 0 Å². The van der Waals surface area contributed by atoms with Gasteiger partial charge in [0.05, 0.1) is 11.0 Å². The summed E-state index contributed by atoms with van der Waals surface area (Å²) >= 11 is 6.18. The Bertz CT molecular complexity index is 829. The Hall–Kier alpha value is -2.00. The number of nitrogens with one attached hydrogen (secondary N) is 1. The number of halogens is 1. The first-order valence-electron chi connectivity index (χ1n) is 7.29. The van der Waals surface area contributed by atoms with Gasteiger partial charge in [0.2, 0.25) is 0 Å². The van der Waals surface area contributed by atoms with Crippen LogP contribution in [-0.2, 0) is 6.61 Å². The molecular formula is C18H19ClN2O. The highest BCUT2D eigenvalue weighted by Crippen LogP contribution is 2.26. The number of rotatable bonds is 3. The van der Waals surface area contributed by atoms with Crippen LogP contribution in [0.5, 0.6) is 5.75 Å². The predicted molar refractivity (Wildman–Crippen MR) is 90.8 cm³/mol. The fourth-order valence-electron chi connectivity index (χ4n) is 2.73. The molecule has 0 saturated heterocycles. The van der Waals surface area contributed by atoms with Crippen LogP contribution in [0.4, 0.5) is 0 Å². The molecule has 0 fully saturated rings. The zero-order chi connectivity index (χ0) is 15.9. The van der Waals surface area contributed by atoms with Gasteiger partial charge in [0.1, 0.15) is 18.2 Å². The molecule has 0 unspecified atom stereocenters. The lowest BCUT2D eigenvalue weighted by atomic mass is 10.1. The van der Waals surface area contributed by atoms with Crippen molar-refractivity contribution in [3.63, 3.8) is 0 Å². The molecule has 2 aromatic carbocycles. The number of aromatic amines is 1. The monoisotopic (exact) mass is 314 g/mol. The minimum atomic E-state index is 0.410. The molecule has 1 N–H and O–H groups in total. The van der Waals surface area contributed by atoms with Crippen molar-refractivity contribution in [3.05, 3.63) is 57.4 Å². The van der Waals surface area contributed by atoms with Gasteiger partial charge in [-0.15, -0.1) is 0 Å². The summed E-state index contributed by atoms with van der Waals surface area (Å²) in [5, 5.41) is 0.794. The van der Waals surface area contributed by atoms with Crippen LogP contribution < -0.4 is 4.74 Å². The number of H-pyrrole nitrogens is 1. The van der Waals surface area contributed by atoms with Gasteiger partial charge in [-0.3, -0.25) is 0 Å². The molecule has 4 heteroatoms. The summed E-state index contributed by atoms with van der Waals surface area (Å²) in [6.45, 7) is 8.54. The van der Waals surface area contributed by atoms with Crippen LogP contribution in [0.15, 0.2) is 24.3 Å². The average Bonchev–Trinajstić information content (AvgIpc) is 2.85. The molecule has 0 amide bonds. The van der Waals surface area contributed by atoms with Crippen LogP contribution in [0.25, 0.3) is 11.0 Å². The normalized spacial score (nSPS) is 11.1. The largest absolute Gasteiger partial charge is 0.486 e. The van der Waals surface area contributed by atoms with Gasteiger partial charge in [-0.25, -0.2) is 4.98 Å². The maximum Gasteiger partial charge on any atom is 0.146 e. The number of ether oxygens (including phenoxy) is 1. The summed E-state index contributed by atoms with van der Waals surface area (Å²) in [6, 6.07) is 8.15. The van der Waals surface area contributed by atoms with Gasteiger partial charge in [0, 0.05) is 5.02 Å². The third-order valence-electron chi connectivity index (χ3n) is 3.76. The summed E-state index contributed by atoms with van der Waals surface area (Å²) in [4.78, 5) is 7.95. The molecule has 0 radical (unpaired) electrons. The molecule has 22 heavy (non-hydrogen) atoms. The molecule has 114 valence electrons. The van der Waals surface area contributed by atoms with E-state index in [-0.39, 0.29) is 0 Å². The summed E-state index contributed by atoms with van der Waals surface area (Å²) in [6.07, 6.45) is 0. The second-order valence-corrected chi connectivity index (χ2v) is 6.20. The van der Waals surface area contributed by atoms with Crippen molar-refractivity contribution < 1.29 is 4.74 Å². The molecule has 0 atom stereocenters. The number of aryl methyl sites for hydroxylation is 4. The average molecular weight is 315 g/mol. The number of nitrogens with zero attached hydrogens (tertiary/aromatic N) is 1. The van der Waals surface area contributed by atoms with Crippen LogP contribution >= 0.6 is 11.6 Å². The number of imidazole rings is 1. The van der Waals surface area contributed by atoms with Gasteiger partial charge in [-0.05, 0) is 68.1 Å². The SMILES string of the molecule is Cc1cc(C)c2nc(COc3cc(C)c(Cl)c(C)c3)[nH]c2c1. The second kappa shape index (κ2) is 5.65. The quantitative estimate of drug-likeness (QED) is 0.736. The maximum atomic E-state index is 6.18. The molecule has 0 aliphatic rings. The number of hydrogen-bond acceptors (Lipinski definition) is 2. The Morgan fingerprint density at radius 3 is 2.36 bits per heavy atom. The zero-order valence-corrected chi connectivity index (χ0v) is 14.0. The third kappa shape index (κ3) is 2.81. The number of fused-ring (bicyclic) bond motifs is 1. The minimum Gasteiger partial charge on any atom is -0.486 e. The van der Waals surface area contributed by atoms with Crippen LogP contribution in [0.3, 0.4) is 0 Å². The molecule has 1 aromatic heterocycles. The molecule has 1 heterocycles. The molecular weight excluding hydrogens is 296 g/mol. The molecule has 0 saturated carbocycles. The van der Waals surface area contributed by atoms with Gasteiger partial charge in [-0.2, -0.15) is 0 Å². The van der Waals surface area contributed by atoms with Crippen molar-refractivity contribution in [1.82, 2.24) is 9.97 Å². The van der Waals surface area contributed by atoms with Crippen molar-refractivity contribution in [2.24, 2.45) is 0 Å². The van der Waals surface area contributed by atoms with E-state index < -0.39 is 0 Å². The first-order chi connectivity index (χ1) is 10.4. The van der Waals surface area contributed by atoms with E-state index in [4.69, 9.17) is 16.3 Å². The molecule has 0 bridgehead atoms. The molecule has 3 rings (SSSR count). The lowest BCUT2D eigenvalue weighted by Crippen LogP contribution is -1.98. The van der Waals surface area contributed by atoms with Gasteiger partial charge >= 0.3 is 0 Å². The fraction of sp³-hybridized carbons (Fsp3) is 0.278. The van der Waals surface area contributed by atoms with E-state index in [0.717, 1.165) is 38.8 Å². The number of benzene rings is 2. The first-order valence-corrected chi connectivity index (χ1v) is 7.67. The highest BCUT2D eigenvalue weighted by molar-refractivity contribution is 6.32. The van der Waals surface area contributed by atoms with E-state index in [0.29, 0.717) is 6.61 Å². The van der Waals surface area contributed by atoms with Crippen molar-refractivity contribution in [2.75, 3.05) is 0 Å². The van der Waals surface area contributed by atoms with E-state index in [1.54, 1.807) is 0 Å². The van der Waals surface area contributed by atoms with Gasteiger partial charge in [0.15, 0.2) is 0 Å². The Morgan fingerprint density at radius 2 is 1.68 bits per heavy atom. The topological polar surface area (TPSA) is 37.9 Å². The van der Waals surface area contributed by atoms with Crippen LogP contribution in [0.1, 0.15) is 28.1 Å². The second-order valence-electron chi connectivity index (χ2n) is 5.82. The van der Waals surface area contributed by atoms with E-state index in [1.807, 2.05) is 26.0 Å². The lowest BCUT2D eigenvalue weighted by molar-refractivity contribution is 0.297. The van der Waals surface area contributed by atoms with Crippen molar-refractivity contribution in [3.8, 4) is 5.75 Å². The Morgan fingerprint density at radius 1 is 1.00 bits per heavy atom. The summed E-state index contributed by atoms with van der Waals surface area (Å²) in [7, 11) is 0. The van der Waals surface area contributed by atoms with Gasteiger partial charge < -0.3 is 9.72 Å². The van der Waals surface area contributed by atoms with Crippen molar-refractivity contribution in [1.29, 1.82) is 0 Å². The van der Waals surface area contributed by atoms with Crippen LogP contribution in [0, 0.1) is 27.7 Å². The maximum absolute atomic E-state index is 6.18. The molecule has 0 aliphatic heterocycles. The van der Waals surface area contributed by atoms with E-state index >= 15 is 0 Å². The molecule has 0 spiro atoms. The van der Waals surface area contributed by atoms with Crippen LogP contribution in [-0.4, -0.2) is 9.97 Å². The smallest absolute Gasteiger partial charge is 0.146 e. The van der Waals surface area contributed by atoms with Crippen molar-refractivity contribution in [2.45, 2.75) is 34.3 Å². The highest BCUT2D eigenvalue weighted by atomic mass is 35.5. The highest BCUT2D eigenvalue weighted by Gasteiger charge is 2.08. The summed E-state index contributed by atoms with van der Waals surface area (Å²) in [5.41, 5.74) is 6.51. The van der Waals surface area contributed by atoms with E-state index in [9.17, 15) is 0 Å². The van der Waals surface area contributed by atoms with Crippen molar-refractivity contribution >= 4 is 22.6 Å². The predicted octanol–water partition coefficient (Wildman–Crippen LogP) is 5.03. The van der Waals surface area contributed by atoms with E-state index in [1.165, 1.54) is 11.1 Å². The zero-order valence-electron chi connectivity index (χ0n) is 13.2. The number of aromatic nitrogens is 2. The third-order valence-corrected chi connectivity index (χ3v) is 4.35. The Kier molecular flexibility index (Phi) is 3.83. The molecule has 3 nitrogen and oxygen atoms in total. The lowest BCUT2D eigenvalue weighted by Gasteiger charge is -2.08. The Balaban J connectivity index is 1.84. The Labute approximate surface area is 135 Å². The molecule has 0 aliphatic carbocycles. The number of hydrogen-bond donors (Lipinski definition) is 1.